The molecule has 104 valence electrons. The van der Waals surface area contributed by atoms with Crippen LogP contribution in [0.1, 0.15) is 11.1 Å². The average Bonchev–Trinajstić information content (AvgIpc) is 2.19. The summed E-state index contributed by atoms with van der Waals surface area (Å²) in [4.78, 5) is 2.71. The minimum atomic E-state index is -5.52. The number of rotatable bonds is 2. The lowest BCUT2D eigenvalue weighted by Gasteiger charge is -2.17. The van der Waals surface area contributed by atoms with Gasteiger partial charge in [-0.15, -0.1) is 13.2 Å². The Labute approximate surface area is 101 Å². The fraction of sp³-hybridized carbons (Fsp3) is 0.333. The average molecular weight is 288 g/mol. The maximum absolute atomic E-state index is 13.0. The van der Waals surface area contributed by atoms with Crippen molar-refractivity contribution < 1.29 is 35.5 Å². The van der Waals surface area contributed by atoms with Crippen molar-refractivity contribution in [1.82, 2.24) is 4.98 Å². The van der Waals surface area contributed by atoms with Crippen LogP contribution < -0.4 is 4.74 Å². The van der Waals surface area contributed by atoms with Crippen LogP contribution in [-0.2, 0) is 12.6 Å². The van der Waals surface area contributed by atoms with Crippen LogP contribution in [0, 0.1) is 17.3 Å². The molecule has 0 aliphatic rings. The Hall–Kier alpha value is -2.05. The highest BCUT2D eigenvalue weighted by Gasteiger charge is 2.43. The molecule has 0 aliphatic heterocycles. The molecular formula is C9H3F7N2O. The van der Waals surface area contributed by atoms with Gasteiger partial charge >= 0.3 is 12.5 Å². The first-order valence-electron chi connectivity index (χ1n) is 4.43. The molecule has 0 N–H and O–H groups in total. The Kier molecular flexibility index (Phi) is 3.88. The Bertz CT molecular complexity index is 515. The Morgan fingerprint density at radius 1 is 1.21 bits per heavy atom. The molecule has 0 spiro atoms. The number of halogens is 7. The summed E-state index contributed by atoms with van der Waals surface area (Å²) >= 11 is 0. The molecule has 0 fully saturated rings. The van der Waals surface area contributed by atoms with Crippen LogP contribution in [0.25, 0.3) is 0 Å². The zero-order chi connectivity index (χ0) is 14.8. The Morgan fingerprint density at radius 3 is 2.21 bits per heavy atom. The Morgan fingerprint density at radius 2 is 1.79 bits per heavy atom. The number of nitrogens with zero attached hydrogens (tertiary/aromatic N) is 2. The van der Waals surface area contributed by atoms with Gasteiger partial charge in [0.25, 0.3) is 5.95 Å². The van der Waals surface area contributed by atoms with Crippen LogP contribution in [0.15, 0.2) is 6.20 Å². The number of hydrogen-bond acceptors (Lipinski definition) is 3. The van der Waals surface area contributed by atoms with Gasteiger partial charge in [0.05, 0.1) is 12.5 Å². The predicted octanol–water partition coefficient (Wildman–Crippen LogP) is 3.20. The van der Waals surface area contributed by atoms with Gasteiger partial charge in [0, 0.05) is 11.8 Å². The molecule has 0 saturated heterocycles. The molecule has 1 aromatic rings. The molecule has 1 aromatic heterocycles. The standard InChI is InChI=1S/C9H3F7N2O/c10-7-6(19-9(14,15)16)5(8(11,12)13)4(1-2-17)3-18-7/h3H,1H2. The van der Waals surface area contributed by atoms with Gasteiger partial charge in [-0.3, -0.25) is 0 Å². The number of ether oxygens (including phenoxy) is 1. The molecule has 19 heavy (non-hydrogen) atoms. The number of aromatic nitrogens is 1. The molecule has 3 nitrogen and oxygen atoms in total. The largest absolute Gasteiger partial charge is 0.573 e. The molecule has 0 atom stereocenters. The van der Waals surface area contributed by atoms with Gasteiger partial charge in [0.1, 0.15) is 5.56 Å². The minimum absolute atomic E-state index is 0.338. The maximum atomic E-state index is 13.0. The van der Waals surface area contributed by atoms with Crippen LogP contribution in [0.4, 0.5) is 30.7 Å². The summed E-state index contributed by atoms with van der Waals surface area (Å²) in [7, 11) is 0. The smallest absolute Gasteiger partial charge is 0.400 e. The molecule has 0 saturated carbocycles. The summed E-state index contributed by atoms with van der Waals surface area (Å²) < 4.78 is 89.8. The summed E-state index contributed by atoms with van der Waals surface area (Å²) in [5.74, 6) is -4.15. The molecule has 0 aromatic carbocycles. The van der Waals surface area contributed by atoms with Crippen LogP contribution >= 0.6 is 0 Å². The first kappa shape index (κ1) is 15.0. The van der Waals surface area contributed by atoms with E-state index >= 15 is 0 Å². The first-order chi connectivity index (χ1) is 8.56. The molecule has 0 unspecified atom stereocenters. The molecule has 1 rings (SSSR count). The zero-order valence-electron chi connectivity index (χ0n) is 8.73. The van der Waals surface area contributed by atoms with Crippen molar-refractivity contribution in [3.8, 4) is 11.8 Å². The summed E-state index contributed by atoms with van der Waals surface area (Å²) in [6.07, 6.45) is -11.4. The monoisotopic (exact) mass is 288 g/mol. The Balaban J connectivity index is 3.50. The van der Waals surface area contributed by atoms with Gasteiger partial charge < -0.3 is 4.74 Å². The van der Waals surface area contributed by atoms with E-state index in [9.17, 15) is 30.7 Å². The van der Waals surface area contributed by atoms with E-state index in [2.05, 4.69) is 9.72 Å². The van der Waals surface area contributed by atoms with Gasteiger partial charge in [-0.05, 0) is 0 Å². The van der Waals surface area contributed by atoms with E-state index in [4.69, 9.17) is 5.26 Å². The lowest BCUT2D eigenvalue weighted by molar-refractivity contribution is -0.277. The van der Waals surface area contributed by atoms with E-state index in [1.807, 2.05) is 0 Å². The van der Waals surface area contributed by atoms with Gasteiger partial charge in [-0.25, -0.2) is 4.98 Å². The lowest BCUT2D eigenvalue weighted by Crippen LogP contribution is -2.22. The fourth-order valence-electron chi connectivity index (χ4n) is 1.25. The molecule has 1 heterocycles. The highest BCUT2D eigenvalue weighted by atomic mass is 19.4. The van der Waals surface area contributed by atoms with Crippen LogP contribution in [0.5, 0.6) is 5.75 Å². The van der Waals surface area contributed by atoms with Crippen molar-refractivity contribution in [3.63, 3.8) is 0 Å². The fourth-order valence-corrected chi connectivity index (χ4v) is 1.25. The van der Waals surface area contributed by atoms with Gasteiger partial charge in [-0.2, -0.15) is 22.8 Å². The van der Waals surface area contributed by atoms with E-state index < -0.39 is 41.8 Å². The van der Waals surface area contributed by atoms with Crippen LogP contribution in [0.2, 0.25) is 0 Å². The summed E-state index contributed by atoms with van der Waals surface area (Å²) in [6.45, 7) is 0. The quantitative estimate of drug-likeness (QED) is 0.620. The third-order valence-corrected chi connectivity index (χ3v) is 1.84. The second-order valence-corrected chi connectivity index (χ2v) is 3.16. The summed E-state index contributed by atoms with van der Waals surface area (Å²) in [5.41, 5.74) is -2.91. The topological polar surface area (TPSA) is 45.9 Å². The number of nitriles is 1. The van der Waals surface area contributed by atoms with Gasteiger partial charge in [0.2, 0.25) is 0 Å². The highest BCUT2D eigenvalue weighted by Crippen LogP contribution is 2.41. The number of alkyl halides is 6. The van der Waals surface area contributed by atoms with Crippen molar-refractivity contribution in [2.24, 2.45) is 0 Å². The summed E-state index contributed by atoms with van der Waals surface area (Å²) in [5, 5.41) is 8.30. The van der Waals surface area contributed by atoms with E-state index in [-0.39, 0.29) is 0 Å². The molecule has 0 bridgehead atoms. The summed E-state index contributed by atoms with van der Waals surface area (Å²) in [6, 6.07) is 1.31. The van der Waals surface area contributed by atoms with E-state index in [0.29, 0.717) is 6.20 Å². The van der Waals surface area contributed by atoms with Crippen molar-refractivity contribution in [2.45, 2.75) is 19.0 Å². The van der Waals surface area contributed by atoms with E-state index in [1.165, 1.54) is 6.07 Å². The zero-order valence-corrected chi connectivity index (χ0v) is 8.73. The van der Waals surface area contributed by atoms with Gasteiger partial charge in [0.15, 0.2) is 5.75 Å². The van der Waals surface area contributed by atoms with Gasteiger partial charge in [-0.1, -0.05) is 0 Å². The molecule has 0 amide bonds. The first-order valence-corrected chi connectivity index (χ1v) is 4.43. The number of pyridine rings is 1. The maximum Gasteiger partial charge on any atom is 0.573 e. The number of hydrogen-bond donors (Lipinski definition) is 0. The van der Waals surface area contributed by atoms with Crippen molar-refractivity contribution in [3.05, 3.63) is 23.3 Å². The molecular weight excluding hydrogens is 285 g/mol. The van der Waals surface area contributed by atoms with Crippen molar-refractivity contribution in [1.29, 1.82) is 5.26 Å². The molecule has 10 heteroatoms. The van der Waals surface area contributed by atoms with Crippen LogP contribution in [0.3, 0.4) is 0 Å². The predicted molar refractivity (Wildman–Crippen MR) is 45.2 cm³/mol. The molecule has 0 radical (unpaired) electrons. The normalized spacial score (nSPS) is 12.1. The van der Waals surface area contributed by atoms with Crippen LogP contribution in [-0.4, -0.2) is 11.3 Å². The van der Waals surface area contributed by atoms with Crippen molar-refractivity contribution >= 4 is 0 Å². The second kappa shape index (κ2) is 4.91. The van der Waals surface area contributed by atoms with E-state index in [0.717, 1.165) is 0 Å². The molecule has 0 aliphatic carbocycles. The highest BCUT2D eigenvalue weighted by molar-refractivity contribution is 5.41. The van der Waals surface area contributed by atoms with E-state index in [1.54, 1.807) is 0 Å². The third-order valence-electron chi connectivity index (χ3n) is 1.84. The SMILES string of the molecule is N#CCc1cnc(F)c(OC(F)(F)F)c1C(F)(F)F. The minimum Gasteiger partial charge on any atom is -0.400 e. The lowest BCUT2D eigenvalue weighted by atomic mass is 10.1. The van der Waals surface area contributed by atoms with Crippen molar-refractivity contribution in [2.75, 3.05) is 0 Å². The third kappa shape index (κ3) is 3.70. The second-order valence-electron chi connectivity index (χ2n) is 3.16.